The van der Waals surface area contributed by atoms with Crippen molar-refractivity contribution in [3.63, 3.8) is 0 Å². The van der Waals surface area contributed by atoms with Gasteiger partial charge >= 0.3 is 0 Å². The molecule has 3 nitrogen and oxygen atoms in total. The topological polar surface area (TPSA) is 52.9 Å². The zero-order valence-electron chi connectivity index (χ0n) is 11.0. The fourth-order valence-electron chi connectivity index (χ4n) is 1.67. The first-order valence-corrected chi connectivity index (χ1v) is 6.26. The van der Waals surface area contributed by atoms with Crippen LogP contribution >= 0.6 is 0 Å². The molecule has 0 bridgehead atoms. The zero-order valence-corrected chi connectivity index (χ0v) is 11.0. The number of nitriles is 1. The van der Waals surface area contributed by atoms with E-state index in [0.29, 0.717) is 6.42 Å². The van der Waals surface area contributed by atoms with Gasteiger partial charge in [-0.1, -0.05) is 33.6 Å². The van der Waals surface area contributed by atoms with Crippen molar-refractivity contribution in [3.05, 3.63) is 0 Å². The second-order valence-electron chi connectivity index (χ2n) is 4.56. The second kappa shape index (κ2) is 7.27. The minimum absolute atomic E-state index is 0.0367. The summed E-state index contributed by atoms with van der Waals surface area (Å²) in [6.45, 7) is 7.86. The Balaban J connectivity index is 4.46. The van der Waals surface area contributed by atoms with Crippen molar-refractivity contribution in [2.45, 2.75) is 65.3 Å². The smallest absolute Gasteiger partial charge is 0.224 e. The van der Waals surface area contributed by atoms with Crippen LogP contribution < -0.4 is 5.32 Å². The average molecular weight is 224 g/mol. The lowest BCUT2D eigenvalue weighted by Gasteiger charge is -2.24. The molecule has 0 heterocycles. The maximum absolute atomic E-state index is 12.0. The highest BCUT2D eigenvalue weighted by Gasteiger charge is 2.27. The van der Waals surface area contributed by atoms with Gasteiger partial charge in [-0.15, -0.1) is 0 Å². The summed E-state index contributed by atoms with van der Waals surface area (Å²) in [6, 6.07) is 2.17. The van der Waals surface area contributed by atoms with Crippen LogP contribution in [-0.2, 0) is 4.79 Å². The maximum atomic E-state index is 12.0. The van der Waals surface area contributed by atoms with E-state index in [1.54, 1.807) is 6.92 Å². The third kappa shape index (κ3) is 4.65. The standard InChI is InChI=1S/C13H24N2O/c1-5-8-11(9-6-2)12(16)15-13(4,7-3)10-14/h11H,5-9H2,1-4H3,(H,15,16). The Morgan fingerprint density at radius 2 is 1.81 bits per heavy atom. The van der Waals surface area contributed by atoms with Gasteiger partial charge in [0.2, 0.25) is 5.91 Å². The first-order valence-electron chi connectivity index (χ1n) is 6.26. The quantitative estimate of drug-likeness (QED) is 0.722. The first-order chi connectivity index (χ1) is 7.52. The Morgan fingerprint density at radius 1 is 1.31 bits per heavy atom. The molecule has 0 aromatic rings. The molecular formula is C13H24N2O. The molecule has 16 heavy (non-hydrogen) atoms. The number of hydrogen-bond acceptors (Lipinski definition) is 2. The highest BCUT2D eigenvalue weighted by molar-refractivity contribution is 5.79. The van der Waals surface area contributed by atoms with E-state index in [9.17, 15) is 4.79 Å². The van der Waals surface area contributed by atoms with Gasteiger partial charge < -0.3 is 5.32 Å². The molecule has 0 aliphatic heterocycles. The zero-order chi connectivity index (χ0) is 12.6. The monoisotopic (exact) mass is 224 g/mol. The highest BCUT2D eigenvalue weighted by Crippen LogP contribution is 2.16. The first kappa shape index (κ1) is 15.0. The summed E-state index contributed by atoms with van der Waals surface area (Å²) < 4.78 is 0. The van der Waals surface area contributed by atoms with Gasteiger partial charge in [-0.25, -0.2) is 0 Å². The molecule has 3 heteroatoms. The Bertz CT molecular complexity index is 251. The van der Waals surface area contributed by atoms with E-state index in [1.807, 2.05) is 6.92 Å². The van der Waals surface area contributed by atoms with Crippen LogP contribution in [0.3, 0.4) is 0 Å². The van der Waals surface area contributed by atoms with E-state index in [2.05, 4.69) is 25.2 Å². The van der Waals surface area contributed by atoms with Crippen molar-refractivity contribution < 1.29 is 4.79 Å². The molecule has 1 unspecified atom stereocenters. The van der Waals surface area contributed by atoms with Gasteiger partial charge in [0, 0.05) is 5.92 Å². The third-order valence-corrected chi connectivity index (χ3v) is 3.00. The van der Waals surface area contributed by atoms with Crippen molar-refractivity contribution >= 4 is 5.91 Å². The van der Waals surface area contributed by atoms with Gasteiger partial charge in [0.1, 0.15) is 5.54 Å². The fourth-order valence-corrected chi connectivity index (χ4v) is 1.67. The summed E-state index contributed by atoms with van der Waals surface area (Å²) >= 11 is 0. The number of rotatable bonds is 7. The SMILES string of the molecule is CCCC(CCC)C(=O)NC(C)(C#N)CC. The lowest BCUT2D eigenvalue weighted by atomic mass is 9.94. The lowest BCUT2D eigenvalue weighted by Crippen LogP contribution is -2.46. The Labute approximate surface area is 99.2 Å². The van der Waals surface area contributed by atoms with Crippen LogP contribution in [0.25, 0.3) is 0 Å². The summed E-state index contributed by atoms with van der Waals surface area (Å²) in [6.07, 6.45) is 4.47. The van der Waals surface area contributed by atoms with Gasteiger partial charge in [-0.3, -0.25) is 4.79 Å². The average Bonchev–Trinajstić information content (AvgIpc) is 2.28. The van der Waals surface area contributed by atoms with Gasteiger partial charge in [0.05, 0.1) is 6.07 Å². The number of nitrogens with one attached hydrogen (secondary N) is 1. The lowest BCUT2D eigenvalue weighted by molar-refractivity contribution is -0.126. The molecule has 0 saturated carbocycles. The molecule has 92 valence electrons. The molecule has 0 rings (SSSR count). The summed E-state index contributed by atoms with van der Waals surface area (Å²) in [7, 11) is 0. The Hall–Kier alpha value is -1.04. The van der Waals surface area contributed by atoms with Crippen molar-refractivity contribution in [2.75, 3.05) is 0 Å². The molecule has 0 aromatic heterocycles. The molecular weight excluding hydrogens is 200 g/mol. The van der Waals surface area contributed by atoms with Gasteiger partial charge in [-0.05, 0) is 26.2 Å². The molecule has 0 fully saturated rings. The minimum atomic E-state index is -0.711. The Morgan fingerprint density at radius 3 is 2.12 bits per heavy atom. The maximum Gasteiger partial charge on any atom is 0.224 e. The number of carbonyl (C=O) groups is 1. The van der Waals surface area contributed by atoms with Crippen molar-refractivity contribution in [1.29, 1.82) is 5.26 Å². The van der Waals surface area contributed by atoms with Crippen LogP contribution in [0.1, 0.15) is 59.8 Å². The fraction of sp³-hybridized carbons (Fsp3) is 0.846. The highest BCUT2D eigenvalue weighted by atomic mass is 16.2. The van der Waals surface area contributed by atoms with Crippen LogP contribution in [0.2, 0.25) is 0 Å². The van der Waals surface area contributed by atoms with Crippen LogP contribution in [-0.4, -0.2) is 11.4 Å². The van der Waals surface area contributed by atoms with E-state index < -0.39 is 5.54 Å². The summed E-state index contributed by atoms with van der Waals surface area (Å²) in [4.78, 5) is 12.0. The summed E-state index contributed by atoms with van der Waals surface area (Å²) in [5.74, 6) is 0.101. The van der Waals surface area contributed by atoms with Gasteiger partial charge in [0.25, 0.3) is 0 Å². The number of carbonyl (C=O) groups excluding carboxylic acids is 1. The molecule has 1 N–H and O–H groups in total. The molecule has 0 spiro atoms. The van der Waals surface area contributed by atoms with E-state index in [0.717, 1.165) is 25.7 Å². The van der Waals surface area contributed by atoms with Crippen LogP contribution in [0.4, 0.5) is 0 Å². The largest absolute Gasteiger partial charge is 0.338 e. The molecule has 1 atom stereocenters. The van der Waals surface area contributed by atoms with Gasteiger partial charge in [0.15, 0.2) is 0 Å². The van der Waals surface area contributed by atoms with Gasteiger partial charge in [-0.2, -0.15) is 5.26 Å². The Kier molecular flexibility index (Phi) is 6.80. The van der Waals surface area contributed by atoms with E-state index in [-0.39, 0.29) is 11.8 Å². The predicted molar refractivity (Wildman–Crippen MR) is 65.8 cm³/mol. The molecule has 0 aromatic carbocycles. The third-order valence-electron chi connectivity index (χ3n) is 3.00. The van der Waals surface area contributed by atoms with Crippen LogP contribution in [0.5, 0.6) is 0 Å². The van der Waals surface area contributed by atoms with Crippen molar-refractivity contribution in [1.82, 2.24) is 5.32 Å². The van der Waals surface area contributed by atoms with E-state index >= 15 is 0 Å². The van der Waals surface area contributed by atoms with Crippen molar-refractivity contribution in [3.8, 4) is 6.07 Å². The molecule has 0 aliphatic carbocycles. The molecule has 0 saturated heterocycles. The van der Waals surface area contributed by atoms with Crippen LogP contribution in [0.15, 0.2) is 0 Å². The molecule has 1 amide bonds. The normalized spacial score (nSPS) is 14.2. The number of amides is 1. The minimum Gasteiger partial charge on any atom is -0.338 e. The number of nitrogens with zero attached hydrogens (tertiary/aromatic N) is 1. The second-order valence-corrected chi connectivity index (χ2v) is 4.56. The van der Waals surface area contributed by atoms with Crippen LogP contribution in [0, 0.1) is 17.2 Å². The number of hydrogen-bond donors (Lipinski definition) is 1. The van der Waals surface area contributed by atoms with Crippen molar-refractivity contribution in [2.24, 2.45) is 5.92 Å². The van der Waals surface area contributed by atoms with E-state index in [1.165, 1.54) is 0 Å². The summed E-state index contributed by atoms with van der Waals surface area (Å²) in [5.41, 5.74) is -0.711. The van der Waals surface area contributed by atoms with E-state index in [4.69, 9.17) is 5.26 Å². The molecule has 0 radical (unpaired) electrons. The predicted octanol–water partition coefficient (Wildman–Crippen LogP) is 3.01. The molecule has 0 aliphatic rings. The summed E-state index contributed by atoms with van der Waals surface area (Å²) in [5, 5.41) is 11.9.